The van der Waals surface area contributed by atoms with Crippen molar-refractivity contribution in [1.82, 2.24) is 14.3 Å². The van der Waals surface area contributed by atoms with Crippen LogP contribution in [-0.4, -0.2) is 47.0 Å². The molecule has 0 aromatic carbocycles. The van der Waals surface area contributed by atoms with Crippen molar-refractivity contribution in [1.29, 1.82) is 0 Å². The van der Waals surface area contributed by atoms with Crippen LogP contribution in [0, 0.1) is 0 Å². The van der Waals surface area contributed by atoms with Gasteiger partial charge in [0.1, 0.15) is 0 Å². The first kappa shape index (κ1) is 11.6. The lowest BCUT2D eigenvalue weighted by Crippen LogP contribution is -2.43. The maximum Gasteiger partial charge on any atom is 0.233 e. The highest BCUT2D eigenvalue weighted by molar-refractivity contribution is 7.09. The van der Waals surface area contributed by atoms with Crippen molar-refractivity contribution in [2.75, 3.05) is 37.3 Å². The van der Waals surface area contributed by atoms with Crippen molar-refractivity contribution in [2.45, 2.75) is 25.8 Å². The summed E-state index contributed by atoms with van der Waals surface area (Å²) in [6.07, 6.45) is 2.40. The highest BCUT2D eigenvalue weighted by Crippen LogP contribution is 2.23. The van der Waals surface area contributed by atoms with Gasteiger partial charge < -0.3 is 15.5 Å². The molecule has 6 heteroatoms. The first-order valence-electron chi connectivity index (χ1n) is 5.75. The first-order chi connectivity index (χ1) is 7.70. The van der Waals surface area contributed by atoms with Gasteiger partial charge in [0.05, 0.1) is 0 Å². The highest BCUT2D eigenvalue weighted by atomic mass is 32.1. The Morgan fingerprint density at radius 1 is 1.50 bits per heavy atom. The van der Waals surface area contributed by atoms with E-state index in [0.29, 0.717) is 12.0 Å². The number of hydrogen-bond donors (Lipinski definition) is 1. The molecule has 0 unspecified atom stereocenters. The summed E-state index contributed by atoms with van der Waals surface area (Å²) < 4.78 is 4.02. The maximum absolute atomic E-state index is 5.54. The van der Waals surface area contributed by atoms with Gasteiger partial charge in [-0.1, -0.05) is 6.92 Å². The van der Waals surface area contributed by atoms with Crippen molar-refractivity contribution in [3.8, 4) is 0 Å². The zero-order valence-corrected chi connectivity index (χ0v) is 10.7. The molecule has 0 spiro atoms. The first-order valence-corrected chi connectivity index (χ1v) is 6.52. The lowest BCUT2D eigenvalue weighted by atomic mass is 10.0. The number of hydrogen-bond acceptors (Lipinski definition) is 6. The molecule has 5 nitrogen and oxygen atoms in total. The summed E-state index contributed by atoms with van der Waals surface area (Å²) in [6.45, 7) is 5.73. The van der Waals surface area contributed by atoms with E-state index in [4.69, 9.17) is 5.73 Å². The molecule has 0 saturated carbocycles. The quantitative estimate of drug-likeness (QED) is 0.857. The van der Waals surface area contributed by atoms with E-state index in [2.05, 4.69) is 33.1 Å². The van der Waals surface area contributed by atoms with Gasteiger partial charge in [-0.2, -0.15) is 9.36 Å². The second kappa shape index (κ2) is 4.97. The SMILES string of the molecule is CCN1CCC(N(C)c2nc(N)ns2)CC1. The van der Waals surface area contributed by atoms with Crippen molar-refractivity contribution in [2.24, 2.45) is 0 Å². The molecular weight excluding hydrogens is 222 g/mol. The van der Waals surface area contributed by atoms with Crippen LogP contribution in [0.4, 0.5) is 11.1 Å². The normalized spacial score (nSPS) is 18.9. The second-order valence-electron chi connectivity index (χ2n) is 4.21. The molecule has 1 aromatic rings. The number of nitrogen functional groups attached to an aromatic ring is 1. The van der Waals surface area contributed by atoms with Crippen LogP contribution < -0.4 is 10.6 Å². The molecule has 1 saturated heterocycles. The Kier molecular flexibility index (Phi) is 3.60. The van der Waals surface area contributed by atoms with Gasteiger partial charge in [0, 0.05) is 37.7 Å². The van der Waals surface area contributed by atoms with E-state index in [1.165, 1.54) is 37.5 Å². The van der Waals surface area contributed by atoms with Crippen LogP contribution in [-0.2, 0) is 0 Å². The van der Waals surface area contributed by atoms with Gasteiger partial charge in [-0.25, -0.2) is 0 Å². The minimum atomic E-state index is 0.387. The molecule has 1 aromatic heterocycles. The molecule has 2 heterocycles. The van der Waals surface area contributed by atoms with E-state index in [1.54, 1.807) is 0 Å². The smallest absolute Gasteiger partial charge is 0.233 e. The monoisotopic (exact) mass is 241 g/mol. The fourth-order valence-corrected chi connectivity index (χ4v) is 2.78. The van der Waals surface area contributed by atoms with Gasteiger partial charge in [-0.3, -0.25) is 0 Å². The van der Waals surface area contributed by atoms with Crippen molar-refractivity contribution in [3.63, 3.8) is 0 Å². The van der Waals surface area contributed by atoms with Crippen LogP contribution >= 0.6 is 11.5 Å². The van der Waals surface area contributed by atoms with Gasteiger partial charge in [-0.05, 0) is 19.4 Å². The third kappa shape index (κ3) is 2.44. The van der Waals surface area contributed by atoms with Crippen molar-refractivity contribution >= 4 is 22.6 Å². The lowest BCUT2D eigenvalue weighted by Gasteiger charge is -2.35. The molecule has 0 bridgehead atoms. The molecule has 0 amide bonds. The molecule has 1 aliphatic heterocycles. The van der Waals surface area contributed by atoms with Gasteiger partial charge in [0.25, 0.3) is 0 Å². The van der Waals surface area contributed by atoms with Gasteiger partial charge in [0.15, 0.2) is 0 Å². The van der Waals surface area contributed by atoms with Crippen LogP contribution in [0.1, 0.15) is 19.8 Å². The average molecular weight is 241 g/mol. The predicted octanol–water partition coefficient (Wildman–Crippen LogP) is 1.04. The molecule has 2 rings (SSSR count). The predicted molar refractivity (Wildman–Crippen MR) is 67.9 cm³/mol. The molecule has 1 fully saturated rings. The van der Waals surface area contributed by atoms with Gasteiger partial charge in [-0.15, -0.1) is 0 Å². The summed E-state index contributed by atoms with van der Waals surface area (Å²) in [6, 6.07) is 0.579. The Balaban J connectivity index is 1.93. The largest absolute Gasteiger partial charge is 0.367 e. The maximum atomic E-state index is 5.54. The number of nitrogens with zero attached hydrogens (tertiary/aromatic N) is 4. The number of nitrogens with two attached hydrogens (primary N) is 1. The highest BCUT2D eigenvalue weighted by Gasteiger charge is 2.23. The molecule has 16 heavy (non-hydrogen) atoms. The number of aromatic nitrogens is 2. The van der Waals surface area contributed by atoms with Crippen LogP contribution in [0.25, 0.3) is 0 Å². The molecule has 0 radical (unpaired) electrons. The molecule has 0 aliphatic carbocycles. The summed E-state index contributed by atoms with van der Waals surface area (Å²) >= 11 is 1.38. The third-order valence-corrected chi connectivity index (χ3v) is 4.11. The van der Waals surface area contributed by atoms with E-state index in [1.807, 2.05) is 0 Å². The van der Waals surface area contributed by atoms with Gasteiger partial charge >= 0.3 is 0 Å². The Morgan fingerprint density at radius 3 is 2.69 bits per heavy atom. The van der Waals surface area contributed by atoms with Crippen LogP contribution in [0.3, 0.4) is 0 Å². The molecule has 1 aliphatic rings. The van der Waals surface area contributed by atoms with Crippen LogP contribution in [0.15, 0.2) is 0 Å². The number of likely N-dealkylation sites (tertiary alicyclic amines) is 1. The standard InChI is InChI=1S/C10H19N5S/c1-3-15-6-4-8(5-7-15)14(2)10-12-9(11)13-16-10/h8H,3-7H2,1-2H3,(H2,11,13). The Labute approximate surface area is 100 Å². The minimum Gasteiger partial charge on any atom is -0.367 e. The molecule has 0 atom stereocenters. The Bertz CT molecular complexity index is 332. The van der Waals surface area contributed by atoms with E-state index in [9.17, 15) is 0 Å². The minimum absolute atomic E-state index is 0.387. The molecule has 2 N–H and O–H groups in total. The fraction of sp³-hybridized carbons (Fsp3) is 0.800. The molecular formula is C10H19N5S. The van der Waals surface area contributed by atoms with E-state index >= 15 is 0 Å². The number of rotatable bonds is 3. The van der Waals surface area contributed by atoms with E-state index < -0.39 is 0 Å². The summed E-state index contributed by atoms with van der Waals surface area (Å²) in [5, 5.41) is 0.937. The summed E-state index contributed by atoms with van der Waals surface area (Å²) in [7, 11) is 2.09. The topological polar surface area (TPSA) is 58.3 Å². The number of piperidine rings is 1. The summed E-state index contributed by atoms with van der Waals surface area (Å²) in [5.41, 5.74) is 5.54. The lowest BCUT2D eigenvalue weighted by molar-refractivity contribution is 0.221. The zero-order valence-electron chi connectivity index (χ0n) is 9.89. The second-order valence-corrected chi connectivity index (χ2v) is 4.94. The zero-order chi connectivity index (χ0) is 11.5. The Hall–Kier alpha value is -0.880. The fourth-order valence-electron chi connectivity index (χ4n) is 2.15. The van der Waals surface area contributed by atoms with Crippen molar-refractivity contribution < 1.29 is 0 Å². The number of anilines is 2. The van der Waals surface area contributed by atoms with Crippen molar-refractivity contribution in [3.05, 3.63) is 0 Å². The Morgan fingerprint density at radius 2 is 2.19 bits per heavy atom. The summed E-state index contributed by atoms with van der Waals surface area (Å²) in [4.78, 5) is 8.93. The third-order valence-electron chi connectivity index (χ3n) is 3.28. The molecule has 90 valence electrons. The van der Waals surface area contributed by atoms with Gasteiger partial charge in [0.2, 0.25) is 11.1 Å². The summed E-state index contributed by atoms with van der Waals surface area (Å²) in [5.74, 6) is 0.387. The van der Waals surface area contributed by atoms with Crippen LogP contribution in [0.2, 0.25) is 0 Å². The average Bonchev–Trinajstić information content (AvgIpc) is 2.75. The van der Waals surface area contributed by atoms with E-state index in [0.717, 1.165) is 11.7 Å². The van der Waals surface area contributed by atoms with Crippen LogP contribution in [0.5, 0.6) is 0 Å². The van der Waals surface area contributed by atoms with E-state index in [-0.39, 0.29) is 0 Å².